The van der Waals surface area contributed by atoms with Gasteiger partial charge in [0.1, 0.15) is 9.84 Å². The van der Waals surface area contributed by atoms with Crippen molar-refractivity contribution in [2.45, 2.75) is 13.1 Å². The predicted molar refractivity (Wildman–Crippen MR) is 74.4 cm³/mol. The van der Waals surface area contributed by atoms with Gasteiger partial charge in [0.15, 0.2) is 0 Å². The van der Waals surface area contributed by atoms with Gasteiger partial charge in [-0.2, -0.15) is 0 Å². The molecule has 2 aromatic rings. The summed E-state index contributed by atoms with van der Waals surface area (Å²) in [5.74, 6) is 0.174. The van der Waals surface area contributed by atoms with Gasteiger partial charge in [-0.15, -0.1) is 0 Å². The number of fused-ring (bicyclic) bond motifs is 1. The second-order valence-corrected chi connectivity index (χ2v) is 6.82. The molecule has 1 aromatic carbocycles. The molecule has 1 aromatic heterocycles. The van der Waals surface area contributed by atoms with E-state index < -0.39 is 9.84 Å². The third-order valence-corrected chi connectivity index (χ3v) is 3.85. The van der Waals surface area contributed by atoms with Crippen LogP contribution in [0.1, 0.15) is 5.56 Å². The number of rotatable bonds is 5. The van der Waals surface area contributed by atoms with Crippen LogP contribution >= 0.6 is 0 Å². The molecule has 0 fully saturated rings. The molecule has 0 aliphatic carbocycles. The van der Waals surface area contributed by atoms with Gasteiger partial charge in [0.25, 0.3) is 0 Å². The summed E-state index contributed by atoms with van der Waals surface area (Å²) in [6.45, 7) is 1.32. The minimum absolute atomic E-state index is 0.174. The highest BCUT2D eigenvalue weighted by Crippen LogP contribution is 2.17. The molecule has 0 spiro atoms. The predicted octanol–water partition coefficient (Wildman–Crippen LogP) is 1.41. The lowest BCUT2D eigenvalue weighted by Gasteiger charge is -2.06. The fraction of sp³-hybridized carbons (Fsp3) is 0.385. The van der Waals surface area contributed by atoms with E-state index in [1.807, 2.05) is 23.9 Å². The lowest BCUT2D eigenvalue weighted by molar-refractivity contribution is 0.596. The van der Waals surface area contributed by atoms with Crippen molar-refractivity contribution >= 4 is 20.7 Å². The molecule has 18 heavy (non-hydrogen) atoms. The molecule has 5 heteroatoms. The average molecular weight is 266 g/mol. The Labute approximate surface area is 108 Å². The largest absolute Gasteiger partial charge is 0.346 e. The molecule has 0 aliphatic heterocycles. The molecule has 4 nitrogen and oxygen atoms in total. The normalized spacial score (nSPS) is 12.1. The maximum absolute atomic E-state index is 11.2. The number of hydrogen-bond donors (Lipinski definition) is 1. The highest BCUT2D eigenvalue weighted by Gasteiger charge is 2.06. The molecule has 0 unspecified atom stereocenters. The fourth-order valence-corrected chi connectivity index (χ4v) is 2.53. The van der Waals surface area contributed by atoms with E-state index in [2.05, 4.69) is 23.5 Å². The fourth-order valence-electron chi connectivity index (χ4n) is 2.00. The zero-order valence-corrected chi connectivity index (χ0v) is 11.5. The van der Waals surface area contributed by atoms with E-state index in [1.54, 1.807) is 0 Å². The van der Waals surface area contributed by atoms with Crippen LogP contribution in [0, 0.1) is 0 Å². The van der Waals surface area contributed by atoms with Crippen molar-refractivity contribution in [1.82, 2.24) is 9.88 Å². The van der Waals surface area contributed by atoms with Crippen LogP contribution in [0.2, 0.25) is 0 Å². The van der Waals surface area contributed by atoms with Crippen molar-refractivity contribution in [2.24, 2.45) is 0 Å². The highest BCUT2D eigenvalue weighted by atomic mass is 32.2. The number of nitrogens with zero attached hydrogens (tertiary/aromatic N) is 1. The van der Waals surface area contributed by atoms with Gasteiger partial charge in [-0.1, -0.05) is 12.1 Å². The van der Waals surface area contributed by atoms with Crippen LogP contribution in [0.25, 0.3) is 10.9 Å². The summed E-state index contributed by atoms with van der Waals surface area (Å²) in [7, 11) is -1.01. The number of nitrogens with one attached hydrogen (secondary N) is 1. The minimum Gasteiger partial charge on any atom is -0.346 e. The number of aryl methyl sites for hydroxylation is 1. The Hall–Kier alpha value is -1.33. The zero-order valence-electron chi connectivity index (χ0n) is 10.7. The van der Waals surface area contributed by atoms with Crippen molar-refractivity contribution in [3.63, 3.8) is 0 Å². The third-order valence-electron chi connectivity index (χ3n) is 2.92. The summed E-state index contributed by atoms with van der Waals surface area (Å²) in [6, 6.07) is 8.27. The minimum atomic E-state index is -2.92. The van der Waals surface area contributed by atoms with Crippen LogP contribution in [0.15, 0.2) is 30.5 Å². The molecular weight excluding hydrogens is 248 g/mol. The van der Waals surface area contributed by atoms with Gasteiger partial charge in [0.05, 0.1) is 5.75 Å². The van der Waals surface area contributed by atoms with Crippen LogP contribution in [0.4, 0.5) is 0 Å². The molecule has 0 atom stereocenters. The Morgan fingerprint density at radius 2 is 2.06 bits per heavy atom. The summed E-state index contributed by atoms with van der Waals surface area (Å²) < 4.78 is 24.4. The van der Waals surface area contributed by atoms with Gasteiger partial charge in [0.2, 0.25) is 0 Å². The Kier molecular flexibility index (Phi) is 3.73. The zero-order chi connectivity index (χ0) is 13.2. The lowest BCUT2D eigenvalue weighted by Crippen LogP contribution is -2.10. The molecular formula is C13H18N2O2S. The molecule has 0 saturated carbocycles. The topological polar surface area (TPSA) is 51.1 Å². The first-order valence-electron chi connectivity index (χ1n) is 5.90. The molecule has 0 saturated heterocycles. The van der Waals surface area contributed by atoms with Gasteiger partial charge in [0, 0.05) is 31.1 Å². The third kappa shape index (κ3) is 3.11. The highest BCUT2D eigenvalue weighted by molar-refractivity contribution is 7.90. The van der Waals surface area contributed by atoms with Crippen LogP contribution in [0.5, 0.6) is 0 Å². The van der Waals surface area contributed by atoms with E-state index in [1.165, 1.54) is 11.8 Å². The van der Waals surface area contributed by atoms with Crippen molar-refractivity contribution in [3.8, 4) is 0 Å². The SMILES string of the molecule is CNCc1ccc2ccn(CCS(C)(=O)=O)c2c1. The molecule has 0 radical (unpaired) electrons. The molecule has 1 heterocycles. The van der Waals surface area contributed by atoms with E-state index in [-0.39, 0.29) is 5.75 Å². The summed E-state index contributed by atoms with van der Waals surface area (Å²) in [4.78, 5) is 0. The standard InChI is InChI=1S/C13H18N2O2S/c1-14-10-11-3-4-12-5-6-15(13(12)9-11)7-8-18(2,16)17/h3-6,9,14H,7-8,10H2,1-2H3. The van der Waals surface area contributed by atoms with E-state index in [9.17, 15) is 8.42 Å². The van der Waals surface area contributed by atoms with E-state index in [0.29, 0.717) is 6.54 Å². The number of hydrogen-bond acceptors (Lipinski definition) is 3. The van der Waals surface area contributed by atoms with Crippen LogP contribution in [0.3, 0.4) is 0 Å². The number of sulfone groups is 1. The Morgan fingerprint density at radius 3 is 2.72 bits per heavy atom. The average Bonchev–Trinajstić information content (AvgIpc) is 2.68. The first-order valence-corrected chi connectivity index (χ1v) is 7.96. The van der Waals surface area contributed by atoms with Crippen molar-refractivity contribution in [1.29, 1.82) is 0 Å². The molecule has 0 amide bonds. The van der Waals surface area contributed by atoms with Crippen LogP contribution in [-0.2, 0) is 22.9 Å². The molecule has 0 aliphatic rings. The second-order valence-electron chi connectivity index (χ2n) is 4.56. The Morgan fingerprint density at radius 1 is 1.28 bits per heavy atom. The van der Waals surface area contributed by atoms with Crippen molar-refractivity contribution < 1.29 is 8.42 Å². The smallest absolute Gasteiger partial charge is 0.149 e. The molecule has 2 rings (SSSR count). The maximum Gasteiger partial charge on any atom is 0.149 e. The monoisotopic (exact) mass is 266 g/mol. The Bertz CT molecular complexity index is 644. The van der Waals surface area contributed by atoms with Gasteiger partial charge < -0.3 is 9.88 Å². The van der Waals surface area contributed by atoms with Crippen LogP contribution < -0.4 is 5.32 Å². The Balaban J connectivity index is 2.30. The van der Waals surface area contributed by atoms with Gasteiger partial charge in [-0.25, -0.2) is 8.42 Å². The van der Waals surface area contributed by atoms with Crippen LogP contribution in [-0.4, -0.2) is 32.0 Å². The van der Waals surface area contributed by atoms with E-state index >= 15 is 0 Å². The van der Waals surface area contributed by atoms with Crippen molar-refractivity contribution in [3.05, 3.63) is 36.0 Å². The van der Waals surface area contributed by atoms with Gasteiger partial charge in [-0.3, -0.25) is 0 Å². The van der Waals surface area contributed by atoms with Crippen molar-refractivity contribution in [2.75, 3.05) is 19.1 Å². The lowest BCUT2D eigenvalue weighted by atomic mass is 10.1. The summed E-state index contributed by atoms with van der Waals surface area (Å²) in [5, 5.41) is 4.25. The summed E-state index contributed by atoms with van der Waals surface area (Å²) >= 11 is 0. The first kappa shape index (κ1) is 13.1. The molecule has 98 valence electrons. The van der Waals surface area contributed by atoms with E-state index in [0.717, 1.165) is 17.4 Å². The quantitative estimate of drug-likeness (QED) is 0.890. The maximum atomic E-state index is 11.2. The number of aromatic nitrogens is 1. The number of benzene rings is 1. The first-order chi connectivity index (χ1) is 8.49. The van der Waals surface area contributed by atoms with Gasteiger partial charge >= 0.3 is 0 Å². The summed E-state index contributed by atoms with van der Waals surface area (Å²) in [5.41, 5.74) is 2.29. The molecule has 0 bridgehead atoms. The summed E-state index contributed by atoms with van der Waals surface area (Å²) in [6.07, 6.45) is 3.21. The van der Waals surface area contributed by atoms with E-state index in [4.69, 9.17) is 0 Å². The molecule has 1 N–H and O–H groups in total. The second kappa shape index (κ2) is 5.12. The van der Waals surface area contributed by atoms with Gasteiger partial charge in [-0.05, 0) is 30.1 Å².